The average Bonchev–Trinajstić information content (AvgIpc) is 2.27. The van der Waals surface area contributed by atoms with Crippen molar-refractivity contribution in [3.8, 4) is 0 Å². The van der Waals surface area contributed by atoms with Crippen LogP contribution in [-0.4, -0.2) is 16.9 Å². The first-order valence-corrected chi connectivity index (χ1v) is 6.08. The molecule has 1 N–H and O–H groups in total. The van der Waals surface area contributed by atoms with Crippen molar-refractivity contribution in [3.63, 3.8) is 0 Å². The molecule has 2 aliphatic rings. The lowest BCUT2D eigenvalue weighted by Gasteiger charge is -2.42. The molecular formula is C13H18O3. The molecule has 1 saturated carbocycles. The smallest absolute Gasteiger partial charge is 0.303 e. The van der Waals surface area contributed by atoms with Gasteiger partial charge in [-0.3, -0.25) is 9.59 Å². The second-order valence-corrected chi connectivity index (χ2v) is 5.02. The predicted octanol–water partition coefficient (Wildman–Crippen LogP) is 2.70. The van der Waals surface area contributed by atoms with Crippen LogP contribution in [0.2, 0.25) is 0 Å². The summed E-state index contributed by atoms with van der Waals surface area (Å²) < 4.78 is 0. The maximum absolute atomic E-state index is 11.4. The Morgan fingerprint density at radius 1 is 1.31 bits per heavy atom. The van der Waals surface area contributed by atoms with E-state index in [0.717, 1.165) is 25.7 Å². The normalized spacial score (nSPS) is 29.5. The highest BCUT2D eigenvalue weighted by Gasteiger charge is 2.39. The lowest BCUT2D eigenvalue weighted by molar-refractivity contribution is -0.137. The van der Waals surface area contributed by atoms with E-state index in [4.69, 9.17) is 5.11 Å². The van der Waals surface area contributed by atoms with Crippen molar-refractivity contribution in [1.82, 2.24) is 0 Å². The molecule has 0 aromatic heterocycles. The summed E-state index contributed by atoms with van der Waals surface area (Å²) in [6, 6.07) is 0. The number of fused-ring (bicyclic) bond motifs is 1. The van der Waals surface area contributed by atoms with Gasteiger partial charge in [0, 0.05) is 12.8 Å². The van der Waals surface area contributed by atoms with Crippen molar-refractivity contribution in [2.45, 2.75) is 51.4 Å². The molecule has 16 heavy (non-hydrogen) atoms. The minimum absolute atomic E-state index is 0.0462. The summed E-state index contributed by atoms with van der Waals surface area (Å²) in [5.41, 5.74) is 1.28. The Hall–Kier alpha value is -1.12. The van der Waals surface area contributed by atoms with E-state index in [0.29, 0.717) is 12.8 Å². The van der Waals surface area contributed by atoms with Gasteiger partial charge >= 0.3 is 5.97 Å². The van der Waals surface area contributed by atoms with Gasteiger partial charge in [-0.2, -0.15) is 0 Å². The van der Waals surface area contributed by atoms with Crippen LogP contribution in [0.25, 0.3) is 0 Å². The van der Waals surface area contributed by atoms with Crippen LogP contribution in [0.4, 0.5) is 0 Å². The van der Waals surface area contributed by atoms with E-state index in [1.807, 2.05) is 0 Å². The molecule has 2 rings (SSSR count). The molecule has 2 aliphatic carbocycles. The quantitative estimate of drug-likeness (QED) is 0.798. The van der Waals surface area contributed by atoms with Crippen molar-refractivity contribution < 1.29 is 14.7 Å². The van der Waals surface area contributed by atoms with Gasteiger partial charge < -0.3 is 5.11 Å². The maximum Gasteiger partial charge on any atom is 0.303 e. The summed E-state index contributed by atoms with van der Waals surface area (Å²) >= 11 is 0. The lowest BCUT2D eigenvalue weighted by atomic mass is 9.62. The van der Waals surface area contributed by atoms with Gasteiger partial charge in [-0.05, 0) is 43.6 Å². The van der Waals surface area contributed by atoms with Crippen LogP contribution in [0, 0.1) is 5.41 Å². The Labute approximate surface area is 95.5 Å². The van der Waals surface area contributed by atoms with Gasteiger partial charge in [0.1, 0.15) is 0 Å². The number of rotatable bonds is 3. The van der Waals surface area contributed by atoms with E-state index >= 15 is 0 Å². The van der Waals surface area contributed by atoms with Crippen molar-refractivity contribution in [1.29, 1.82) is 0 Å². The Morgan fingerprint density at radius 2 is 2.12 bits per heavy atom. The standard InChI is InChI=1S/C13H18O3/c14-11-4-7-13(8-5-12(15)16)6-2-1-3-10(13)9-11/h9H,1-8H2,(H,15,16). The predicted molar refractivity (Wildman–Crippen MR) is 60.1 cm³/mol. The highest BCUT2D eigenvalue weighted by molar-refractivity contribution is 5.91. The first kappa shape index (κ1) is 11.4. The molecule has 0 saturated heterocycles. The van der Waals surface area contributed by atoms with Crippen molar-refractivity contribution >= 4 is 11.8 Å². The minimum Gasteiger partial charge on any atom is -0.481 e. The van der Waals surface area contributed by atoms with Crippen molar-refractivity contribution in [3.05, 3.63) is 11.6 Å². The fourth-order valence-corrected chi connectivity index (χ4v) is 3.10. The number of carbonyl (C=O) groups excluding carboxylic acids is 1. The molecular weight excluding hydrogens is 204 g/mol. The summed E-state index contributed by atoms with van der Waals surface area (Å²) in [4.78, 5) is 22.1. The molecule has 3 heteroatoms. The molecule has 1 unspecified atom stereocenters. The number of hydrogen-bond acceptors (Lipinski definition) is 2. The molecule has 0 aliphatic heterocycles. The van der Waals surface area contributed by atoms with Crippen molar-refractivity contribution in [2.24, 2.45) is 5.41 Å². The molecule has 0 spiro atoms. The van der Waals surface area contributed by atoms with Crippen LogP contribution in [-0.2, 0) is 9.59 Å². The third-order valence-electron chi connectivity index (χ3n) is 4.04. The number of carbonyl (C=O) groups is 2. The Balaban J connectivity index is 2.17. The lowest BCUT2D eigenvalue weighted by Crippen LogP contribution is -2.32. The molecule has 1 fully saturated rings. The second kappa shape index (κ2) is 4.40. The van der Waals surface area contributed by atoms with Gasteiger partial charge in [0.15, 0.2) is 5.78 Å². The molecule has 0 aromatic rings. The molecule has 0 aromatic carbocycles. The molecule has 0 radical (unpaired) electrons. The minimum atomic E-state index is -0.726. The first-order chi connectivity index (χ1) is 7.62. The fourth-order valence-electron chi connectivity index (χ4n) is 3.10. The zero-order chi connectivity index (χ0) is 11.6. The molecule has 88 valence electrons. The summed E-state index contributed by atoms with van der Waals surface area (Å²) in [5.74, 6) is -0.501. The zero-order valence-corrected chi connectivity index (χ0v) is 9.50. The van der Waals surface area contributed by atoms with E-state index in [2.05, 4.69) is 0 Å². The molecule has 0 bridgehead atoms. The average molecular weight is 222 g/mol. The molecule has 0 amide bonds. The summed E-state index contributed by atoms with van der Waals surface area (Å²) in [5, 5.41) is 8.80. The monoisotopic (exact) mass is 222 g/mol. The van der Waals surface area contributed by atoms with Crippen LogP contribution in [0.3, 0.4) is 0 Å². The maximum atomic E-state index is 11.4. The number of aliphatic carboxylic acids is 1. The van der Waals surface area contributed by atoms with Gasteiger partial charge in [0.05, 0.1) is 0 Å². The van der Waals surface area contributed by atoms with Gasteiger partial charge in [-0.25, -0.2) is 0 Å². The number of carboxylic acid groups (broad SMARTS) is 1. The van der Waals surface area contributed by atoms with Crippen molar-refractivity contribution in [2.75, 3.05) is 0 Å². The third kappa shape index (κ3) is 2.18. The Morgan fingerprint density at radius 3 is 2.88 bits per heavy atom. The van der Waals surface area contributed by atoms with Gasteiger partial charge in [0.25, 0.3) is 0 Å². The van der Waals surface area contributed by atoms with Crippen LogP contribution >= 0.6 is 0 Å². The number of hydrogen-bond donors (Lipinski definition) is 1. The summed E-state index contributed by atoms with van der Waals surface area (Å²) in [6.07, 6.45) is 8.58. The fraction of sp³-hybridized carbons (Fsp3) is 0.692. The van der Waals surface area contributed by atoms with E-state index in [9.17, 15) is 9.59 Å². The van der Waals surface area contributed by atoms with Gasteiger partial charge in [-0.1, -0.05) is 12.0 Å². The largest absolute Gasteiger partial charge is 0.481 e. The Kier molecular flexibility index (Phi) is 3.13. The first-order valence-electron chi connectivity index (χ1n) is 6.08. The van der Waals surface area contributed by atoms with E-state index in [1.165, 1.54) is 12.0 Å². The highest BCUT2D eigenvalue weighted by Crippen LogP contribution is 2.49. The van der Waals surface area contributed by atoms with E-state index < -0.39 is 5.97 Å². The molecule has 3 nitrogen and oxygen atoms in total. The summed E-state index contributed by atoms with van der Waals surface area (Å²) in [7, 11) is 0. The number of carboxylic acids is 1. The highest BCUT2D eigenvalue weighted by atomic mass is 16.4. The molecule has 0 heterocycles. The SMILES string of the molecule is O=C(O)CCC12CCCCC1=CC(=O)CC2. The second-order valence-electron chi connectivity index (χ2n) is 5.02. The third-order valence-corrected chi connectivity index (χ3v) is 4.04. The summed E-state index contributed by atoms with van der Waals surface area (Å²) in [6.45, 7) is 0. The van der Waals surface area contributed by atoms with Crippen LogP contribution in [0.15, 0.2) is 11.6 Å². The number of ketones is 1. The molecule has 1 atom stereocenters. The van der Waals surface area contributed by atoms with E-state index in [1.54, 1.807) is 6.08 Å². The Bertz CT molecular complexity index is 343. The topological polar surface area (TPSA) is 54.4 Å². The van der Waals surface area contributed by atoms with Gasteiger partial charge in [-0.15, -0.1) is 0 Å². The zero-order valence-electron chi connectivity index (χ0n) is 9.50. The van der Waals surface area contributed by atoms with Crippen LogP contribution < -0.4 is 0 Å². The van der Waals surface area contributed by atoms with Crippen LogP contribution in [0.5, 0.6) is 0 Å². The van der Waals surface area contributed by atoms with E-state index in [-0.39, 0.29) is 17.6 Å². The van der Waals surface area contributed by atoms with Crippen LogP contribution in [0.1, 0.15) is 51.4 Å². The number of allylic oxidation sites excluding steroid dienone is 2. The van der Waals surface area contributed by atoms with Gasteiger partial charge in [0.2, 0.25) is 0 Å².